The molecule has 0 unspecified atom stereocenters. The van der Waals surface area contributed by atoms with Crippen LogP contribution in [0.2, 0.25) is 0 Å². The van der Waals surface area contributed by atoms with Crippen LogP contribution >= 0.6 is 0 Å². The summed E-state index contributed by atoms with van der Waals surface area (Å²) in [5.74, 6) is -0.728. The highest BCUT2D eigenvalue weighted by molar-refractivity contribution is 5.79. The fourth-order valence-corrected chi connectivity index (χ4v) is 2.46. The molecule has 0 aliphatic rings. The van der Waals surface area contributed by atoms with Crippen molar-refractivity contribution in [3.63, 3.8) is 0 Å². The van der Waals surface area contributed by atoms with Crippen molar-refractivity contribution in [1.82, 2.24) is 5.32 Å². The SMILES string of the molecule is CCCOc1ccc([C@@H](CC(=O)[O-])NC(=O)Cc2ccccc2)cc1. The van der Waals surface area contributed by atoms with Crippen LogP contribution in [0.25, 0.3) is 0 Å². The minimum Gasteiger partial charge on any atom is -0.550 e. The highest BCUT2D eigenvalue weighted by atomic mass is 16.5. The molecule has 0 fully saturated rings. The van der Waals surface area contributed by atoms with Gasteiger partial charge in [-0.3, -0.25) is 4.79 Å². The van der Waals surface area contributed by atoms with Gasteiger partial charge >= 0.3 is 0 Å². The van der Waals surface area contributed by atoms with Crippen LogP contribution in [-0.2, 0) is 16.0 Å². The summed E-state index contributed by atoms with van der Waals surface area (Å²) in [4.78, 5) is 23.3. The van der Waals surface area contributed by atoms with Gasteiger partial charge in [0.15, 0.2) is 0 Å². The molecule has 2 rings (SSSR count). The second-order valence-corrected chi connectivity index (χ2v) is 5.78. The number of carbonyl (C=O) groups is 2. The summed E-state index contributed by atoms with van der Waals surface area (Å²) in [6.07, 6.45) is 0.822. The lowest BCUT2D eigenvalue weighted by molar-refractivity contribution is -0.306. The number of carboxylic acid groups (broad SMARTS) is 1. The van der Waals surface area contributed by atoms with Gasteiger partial charge in [0.2, 0.25) is 5.91 Å². The minimum absolute atomic E-state index is 0.197. The van der Waals surface area contributed by atoms with E-state index in [1.54, 1.807) is 24.3 Å². The van der Waals surface area contributed by atoms with Gasteiger partial charge in [-0.05, 0) is 29.7 Å². The first-order chi connectivity index (χ1) is 12.1. The average molecular weight is 340 g/mol. The van der Waals surface area contributed by atoms with E-state index in [4.69, 9.17) is 4.74 Å². The molecule has 5 nitrogen and oxygen atoms in total. The first kappa shape index (κ1) is 18.5. The highest BCUT2D eigenvalue weighted by Gasteiger charge is 2.15. The zero-order chi connectivity index (χ0) is 18.1. The number of aliphatic carboxylic acids is 1. The van der Waals surface area contributed by atoms with E-state index in [-0.39, 0.29) is 18.7 Å². The van der Waals surface area contributed by atoms with Crippen molar-refractivity contribution in [3.8, 4) is 5.75 Å². The maximum Gasteiger partial charge on any atom is 0.224 e. The second-order valence-electron chi connectivity index (χ2n) is 5.78. The number of nitrogens with one attached hydrogen (secondary N) is 1. The molecular formula is C20H22NO4-. The van der Waals surface area contributed by atoms with Gasteiger partial charge in [0.1, 0.15) is 5.75 Å². The maximum absolute atomic E-state index is 12.2. The van der Waals surface area contributed by atoms with Crippen molar-refractivity contribution in [3.05, 3.63) is 65.7 Å². The Balaban J connectivity index is 2.04. The fraction of sp³-hybridized carbons (Fsp3) is 0.300. The Hall–Kier alpha value is -2.82. The van der Waals surface area contributed by atoms with E-state index >= 15 is 0 Å². The number of rotatable bonds is 9. The Morgan fingerprint density at radius 3 is 2.36 bits per heavy atom. The van der Waals surface area contributed by atoms with Gasteiger partial charge in [-0.1, -0.05) is 49.4 Å². The summed E-state index contributed by atoms with van der Waals surface area (Å²) in [6.45, 7) is 2.64. The fourth-order valence-electron chi connectivity index (χ4n) is 2.46. The monoisotopic (exact) mass is 340 g/mol. The summed E-state index contributed by atoms with van der Waals surface area (Å²) < 4.78 is 5.52. The van der Waals surface area contributed by atoms with Crippen molar-refractivity contribution >= 4 is 11.9 Å². The molecule has 0 spiro atoms. The van der Waals surface area contributed by atoms with Crippen molar-refractivity contribution in [2.24, 2.45) is 0 Å². The van der Waals surface area contributed by atoms with Crippen LogP contribution in [0.5, 0.6) is 5.75 Å². The summed E-state index contributed by atoms with van der Waals surface area (Å²) in [5.41, 5.74) is 1.57. The van der Waals surface area contributed by atoms with Gasteiger partial charge in [-0.25, -0.2) is 0 Å². The van der Waals surface area contributed by atoms with Crippen molar-refractivity contribution < 1.29 is 19.4 Å². The van der Waals surface area contributed by atoms with Crippen LogP contribution in [0.4, 0.5) is 0 Å². The van der Waals surface area contributed by atoms with Crippen LogP contribution < -0.4 is 15.2 Å². The summed E-state index contributed by atoms with van der Waals surface area (Å²) in [7, 11) is 0. The van der Waals surface area contributed by atoms with E-state index < -0.39 is 12.0 Å². The topological polar surface area (TPSA) is 78.5 Å². The number of hydrogen-bond donors (Lipinski definition) is 1. The number of carboxylic acids is 1. The Kier molecular flexibility index (Phi) is 7.01. The summed E-state index contributed by atoms with van der Waals surface area (Å²) in [5, 5.41) is 13.8. The van der Waals surface area contributed by atoms with Crippen LogP contribution in [0.1, 0.15) is 36.9 Å². The Labute approximate surface area is 147 Å². The van der Waals surface area contributed by atoms with Crippen molar-refractivity contribution in [2.45, 2.75) is 32.2 Å². The second kappa shape index (κ2) is 9.47. The van der Waals surface area contributed by atoms with E-state index in [0.717, 1.165) is 12.0 Å². The Morgan fingerprint density at radius 2 is 1.76 bits per heavy atom. The van der Waals surface area contributed by atoms with E-state index in [2.05, 4.69) is 5.32 Å². The van der Waals surface area contributed by atoms with Gasteiger partial charge in [-0.2, -0.15) is 0 Å². The number of amides is 1. The van der Waals surface area contributed by atoms with E-state index in [9.17, 15) is 14.7 Å². The zero-order valence-electron chi connectivity index (χ0n) is 14.2. The van der Waals surface area contributed by atoms with E-state index in [1.807, 2.05) is 37.3 Å². The van der Waals surface area contributed by atoms with Gasteiger partial charge in [-0.15, -0.1) is 0 Å². The third-order valence-electron chi connectivity index (χ3n) is 3.67. The molecule has 2 aromatic carbocycles. The third kappa shape index (κ3) is 6.30. The first-order valence-corrected chi connectivity index (χ1v) is 8.34. The number of benzene rings is 2. The third-order valence-corrected chi connectivity index (χ3v) is 3.67. The summed E-state index contributed by atoms with van der Waals surface area (Å²) >= 11 is 0. The minimum atomic E-state index is -1.21. The number of ether oxygens (including phenoxy) is 1. The molecular weight excluding hydrogens is 318 g/mol. The Bertz CT molecular complexity index is 683. The molecule has 0 radical (unpaired) electrons. The molecule has 0 saturated carbocycles. The van der Waals surface area contributed by atoms with Gasteiger partial charge in [0.25, 0.3) is 0 Å². The average Bonchev–Trinajstić information content (AvgIpc) is 2.60. The standard InChI is InChI=1S/C20H23NO4/c1-2-12-25-17-10-8-16(9-11-17)18(14-20(23)24)21-19(22)13-15-6-4-3-5-7-15/h3-11,18H,2,12-14H2,1H3,(H,21,22)(H,23,24)/p-1/t18-/m1/s1. The van der Waals surface area contributed by atoms with Gasteiger partial charge in [0.05, 0.1) is 19.1 Å². The van der Waals surface area contributed by atoms with Crippen molar-refractivity contribution in [2.75, 3.05) is 6.61 Å². The normalized spacial score (nSPS) is 11.6. The lowest BCUT2D eigenvalue weighted by atomic mass is 10.0. The number of hydrogen-bond acceptors (Lipinski definition) is 4. The molecule has 0 saturated heterocycles. The van der Waals surface area contributed by atoms with Crippen LogP contribution in [0.15, 0.2) is 54.6 Å². The van der Waals surface area contributed by atoms with Crippen LogP contribution in [0.3, 0.4) is 0 Å². The molecule has 1 atom stereocenters. The number of carbonyl (C=O) groups excluding carboxylic acids is 2. The van der Waals surface area contributed by atoms with E-state index in [1.165, 1.54) is 0 Å². The molecule has 0 aliphatic heterocycles. The van der Waals surface area contributed by atoms with Crippen LogP contribution in [0, 0.1) is 0 Å². The lowest BCUT2D eigenvalue weighted by Gasteiger charge is -2.20. The predicted octanol–water partition coefficient (Wildman–Crippen LogP) is 2.02. The molecule has 5 heteroatoms. The molecule has 1 amide bonds. The molecule has 25 heavy (non-hydrogen) atoms. The molecule has 1 N–H and O–H groups in total. The largest absolute Gasteiger partial charge is 0.550 e. The lowest BCUT2D eigenvalue weighted by Crippen LogP contribution is -2.35. The molecule has 132 valence electrons. The highest BCUT2D eigenvalue weighted by Crippen LogP contribution is 2.20. The van der Waals surface area contributed by atoms with Gasteiger partial charge in [0, 0.05) is 12.4 Å². The van der Waals surface area contributed by atoms with E-state index in [0.29, 0.717) is 17.9 Å². The predicted molar refractivity (Wildman–Crippen MR) is 92.9 cm³/mol. The molecule has 2 aromatic rings. The molecule has 0 aliphatic carbocycles. The summed E-state index contributed by atoms with van der Waals surface area (Å²) in [6, 6.07) is 15.7. The Morgan fingerprint density at radius 1 is 1.08 bits per heavy atom. The van der Waals surface area contributed by atoms with Gasteiger partial charge < -0.3 is 20.0 Å². The quantitative estimate of drug-likeness (QED) is 0.757. The maximum atomic E-state index is 12.2. The van der Waals surface area contributed by atoms with Crippen LogP contribution in [-0.4, -0.2) is 18.5 Å². The molecule has 0 heterocycles. The zero-order valence-corrected chi connectivity index (χ0v) is 14.2. The molecule has 0 aromatic heterocycles. The smallest absolute Gasteiger partial charge is 0.224 e. The van der Waals surface area contributed by atoms with Crippen molar-refractivity contribution in [1.29, 1.82) is 0 Å². The first-order valence-electron chi connectivity index (χ1n) is 8.34. The molecule has 0 bridgehead atoms.